The first kappa shape index (κ1) is 23.6. The van der Waals surface area contributed by atoms with Gasteiger partial charge in [-0.05, 0) is 49.9 Å². The number of aryl methyl sites for hydroxylation is 1. The standard InChI is InChI=1S/C24H25F3N6O/c1-15-6-7-17(22-28-10-4-11-29-22)18(13-15)23(34)33-12-3-5-16(2)19(33)14-30-21-9-8-20(31-32-21)24(25,26)27/h4,6-11,13,16,19H,3,5,12,14H2,1-2H3,(H,30,32)/t16-,19?/m1/s1. The SMILES string of the molecule is Cc1ccc(-c2ncccn2)c(C(=O)N2CCC[C@@H](C)C2CNc2ccc(C(F)(F)F)nn2)c1. The lowest BCUT2D eigenvalue weighted by Gasteiger charge is -2.40. The molecule has 1 N–H and O–H groups in total. The van der Waals surface area contributed by atoms with Crippen molar-refractivity contribution in [1.82, 2.24) is 25.1 Å². The number of nitrogens with zero attached hydrogens (tertiary/aromatic N) is 5. The molecule has 1 aliphatic rings. The number of piperidine rings is 1. The van der Waals surface area contributed by atoms with Crippen molar-refractivity contribution in [3.63, 3.8) is 0 Å². The molecule has 3 heterocycles. The van der Waals surface area contributed by atoms with E-state index in [0.717, 1.165) is 24.5 Å². The summed E-state index contributed by atoms with van der Waals surface area (Å²) in [7, 11) is 0. The van der Waals surface area contributed by atoms with Gasteiger partial charge in [0.15, 0.2) is 11.5 Å². The number of anilines is 1. The molecule has 2 atom stereocenters. The first-order valence-corrected chi connectivity index (χ1v) is 11.1. The average molecular weight is 470 g/mol. The van der Waals surface area contributed by atoms with Crippen LogP contribution in [0.5, 0.6) is 0 Å². The van der Waals surface area contributed by atoms with Crippen molar-refractivity contribution in [3.05, 3.63) is 65.6 Å². The van der Waals surface area contributed by atoms with Crippen LogP contribution in [0.4, 0.5) is 19.0 Å². The fraction of sp³-hybridized carbons (Fsp3) is 0.375. The highest BCUT2D eigenvalue weighted by molar-refractivity contribution is 6.00. The third kappa shape index (κ3) is 5.16. The summed E-state index contributed by atoms with van der Waals surface area (Å²) >= 11 is 0. The van der Waals surface area contributed by atoms with Gasteiger partial charge in [0.05, 0.1) is 11.6 Å². The van der Waals surface area contributed by atoms with E-state index in [9.17, 15) is 18.0 Å². The van der Waals surface area contributed by atoms with Crippen molar-refractivity contribution < 1.29 is 18.0 Å². The van der Waals surface area contributed by atoms with Crippen LogP contribution < -0.4 is 5.32 Å². The number of amides is 1. The number of halogens is 3. The van der Waals surface area contributed by atoms with Gasteiger partial charge in [0.1, 0.15) is 5.82 Å². The Bertz CT molecular complexity index is 1140. The van der Waals surface area contributed by atoms with Crippen LogP contribution >= 0.6 is 0 Å². The third-order valence-corrected chi connectivity index (χ3v) is 6.04. The van der Waals surface area contributed by atoms with Gasteiger partial charge in [-0.1, -0.05) is 24.6 Å². The Kier molecular flexibility index (Phi) is 6.76. The fourth-order valence-electron chi connectivity index (χ4n) is 4.22. The molecule has 4 rings (SSSR count). The minimum atomic E-state index is -4.54. The van der Waals surface area contributed by atoms with E-state index in [0.29, 0.717) is 30.0 Å². The highest BCUT2D eigenvalue weighted by Crippen LogP contribution is 2.30. The molecule has 0 aliphatic carbocycles. The molecule has 2 aromatic heterocycles. The largest absolute Gasteiger partial charge is 0.435 e. The van der Waals surface area contributed by atoms with Gasteiger partial charge in [-0.2, -0.15) is 13.2 Å². The van der Waals surface area contributed by atoms with E-state index in [-0.39, 0.29) is 23.7 Å². The van der Waals surface area contributed by atoms with Crippen LogP contribution in [0.15, 0.2) is 48.8 Å². The molecular weight excluding hydrogens is 445 g/mol. The van der Waals surface area contributed by atoms with E-state index in [1.165, 1.54) is 6.07 Å². The molecule has 1 saturated heterocycles. The van der Waals surface area contributed by atoms with Crippen LogP contribution in [-0.2, 0) is 6.18 Å². The molecule has 1 aromatic carbocycles. The lowest BCUT2D eigenvalue weighted by molar-refractivity contribution is -0.141. The maximum absolute atomic E-state index is 13.8. The van der Waals surface area contributed by atoms with Crippen LogP contribution in [0, 0.1) is 12.8 Å². The number of alkyl halides is 3. The summed E-state index contributed by atoms with van der Waals surface area (Å²) in [4.78, 5) is 24.2. The smallest absolute Gasteiger partial charge is 0.367 e. The number of nitrogens with one attached hydrogen (secondary N) is 1. The molecular formula is C24H25F3N6O. The zero-order valence-electron chi connectivity index (χ0n) is 18.9. The van der Waals surface area contributed by atoms with E-state index in [1.54, 1.807) is 18.5 Å². The van der Waals surface area contributed by atoms with Crippen molar-refractivity contribution >= 4 is 11.7 Å². The van der Waals surface area contributed by atoms with Crippen LogP contribution in [0.25, 0.3) is 11.4 Å². The number of carbonyl (C=O) groups excluding carboxylic acids is 1. The molecule has 7 nitrogen and oxygen atoms in total. The monoisotopic (exact) mass is 470 g/mol. The second-order valence-corrected chi connectivity index (χ2v) is 8.49. The number of aromatic nitrogens is 4. The highest BCUT2D eigenvalue weighted by Gasteiger charge is 2.34. The maximum atomic E-state index is 13.8. The summed E-state index contributed by atoms with van der Waals surface area (Å²) < 4.78 is 38.3. The summed E-state index contributed by atoms with van der Waals surface area (Å²) in [5.74, 6) is 0.773. The molecule has 0 spiro atoms. The summed E-state index contributed by atoms with van der Waals surface area (Å²) in [6.45, 7) is 4.92. The predicted octanol–water partition coefficient (Wildman–Crippen LogP) is 4.61. The predicted molar refractivity (Wildman–Crippen MR) is 121 cm³/mol. The molecule has 1 amide bonds. The lowest BCUT2D eigenvalue weighted by Crippen LogP contribution is -2.51. The molecule has 10 heteroatoms. The number of benzene rings is 1. The molecule has 34 heavy (non-hydrogen) atoms. The second-order valence-electron chi connectivity index (χ2n) is 8.49. The van der Waals surface area contributed by atoms with Gasteiger partial charge in [0.25, 0.3) is 5.91 Å². The summed E-state index contributed by atoms with van der Waals surface area (Å²) in [5, 5.41) is 9.96. The summed E-state index contributed by atoms with van der Waals surface area (Å²) in [6, 6.07) is 9.31. The van der Waals surface area contributed by atoms with E-state index in [2.05, 4.69) is 32.4 Å². The van der Waals surface area contributed by atoms with Gasteiger partial charge in [0.2, 0.25) is 0 Å². The van der Waals surface area contributed by atoms with Crippen LogP contribution in [-0.4, -0.2) is 50.1 Å². The Hall–Kier alpha value is -3.56. The number of rotatable bonds is 5. The Morgan fingerprint density at radius 1 is 1.15 bits per heavy atom. The molecule has 1 fully saturated rings. The summed E-state index contributed by atoms with van der Waals surface area (Å²) in [5.41, 5.74) is 1.09. The molecule has 178 valence electrons. The van der Waals surface area contributed by atoms with Gasteiger partial charge in [0, 0.05) is 31.0 Å². The zero-order valence-corrected chi connectivity index (χ0v) is 18.9. The molecule has 0 bridgehead atoms. The topological polar surface area (TPSA) is 83.9 Å². The normalized spacial score (nSPS) is 18.6. The van der Waals surface area contributed by atoms with Gasteiger partial charge in [-0.25, -0.2) is 9.97 Å². The van der Waals surface area contributed by atoms with Crippen molar-refractivity contribution in [2.75, 3.05) is 18.4 Å². The minimum absolute atomic E-state index is 0.122. The molecule has 1 unspecified atom stereocenters. The number of likely N-dealkylation sites (tertiary alicyclic amines) is 1. The maximum Gasteiger partial charge on any atom is 0.435 e. The van der Waals surface area contributed by atoms with Crippen molar-refractivity contribution in [2.24, 2.45) is 5.92 Å². The summed E-state index contributed by atoms with van der Waals surface area (Å²) in [6.07, 6.45) is 0.541. The lowest BCUT2D eigenvalue weighted by atomic mass is 9.89. The van der Waals surface area contributed by atoms with Crippen LogP contribution in [0.2, 0.25) is 0 Å². The minimum Gasteiger partial charge on any atom is -0.367 e. The van der Waals surface area contributed by atoms with Crippen molar-refractivity contribution in [1.29, 1.82) is 0 Å². The van der Waals surface area contributed by atoms with Crippen molar-refractivity contribution in [3.8, 4) is 11.4 Å². The molecule has 3 aromatic rings. The molecule has 1 aliphatic heterocycles. The third-order valence-electron chi connectivity index (χ3n) is 6.04. The van der Waals surface area contributed by atoms with Gasteiger partial charge in [-0.15, -0.1) is 10.2 Å². The second kappa shape index (κ2) is 9.74. The first-order chi connectivity index (χ1) is 16.2. The van der Waals surface area contributed by atoms with Gasteiger partial charge in [-0.3, -0.25) is 4.79 Å². The zero-order chi connectivity index (χ0) is 24.3. The van der Waals surface area contributed by atoms with E-state index >= 15 is 0 Å². The van der Waals surface area contributed by atoms with Gasteiger partial charge < -0.3 is 10.2 Å². The highest BCUT2D eigenvalue weighted by atomic mass is 19.4. The van der Waals surface area contributed by atoms with Crippen molar-refractivity contribution in [2.45, 2.75) is 38.9 Å². The number of hydrogen-bond donors (Lipinski definition) is 1. The van der Waals surface area contributed by atoms with E-state index in [1.807, 2.05) is 30.0 Å². The number of carbonyl (C=O) groups is 1. The van der Waals surface area contributed by atoms with E-state index < -0.39 is 11.9 Å². The Morgan fingerprint density at radius 3 is 2.59 bits per heavy atom. The molecule has 0 saturated carbocycles. The van der Waals surface area contributed by atoms with Crippen LogP contribution in [0.1, 0.15) is 41.4 Å². The van der Waals surface area contributed by atoms with E-state index in [4.69, 9.17) is 0 Å². The Labute approximate surface area is 195 Å². The first-order valence-electron chi connectivity index (χ1n) is 11.1. The van der Waals surface area contributed by atoms with Crippen LogP contribution in [0.3, 0.4) is 0 Å². The average Bonchev–Trinajstić information content (AvgIpc) is 2.83. The molecule has 0 radical (unpaired) electrons. The quantitative estimate of drug-likeness (QED) is 0.586. The van der Waals surface area contributed by atoms with Gasteiger partial charge >= 0.3 is 6.18 Å². The Balaban J connectivity index is 1.57. The fourth-order valence-corrected chi connectivity index (χ4v) is 4.22. The Morgan fingerprint density at radius 2 is 1.91 bits per heavy atom. The number of hydrogen-bond acceptors (Lipinski definition) is 6.